The van der Waals surface area contributed by atoms with E-state index in [1.165, 1.54) is 11.3 Å². The average Bonchev–Trinajstić information content (AvgIpc) is 2.80. The molecule has 0 saturated carbocycles. The fourth-order valence-corrected chi connectivity index (χ4v) is 2.32. The second-order valence-electron chi connectivity index (χ2n) is 4.99. The average molecular weight is 313 g/mol. The number of carbonyl (C=O) groups is 2. The van der Waals surface area contributed by atoms with Crippen molar-refractivity contribution in [3.8, 4) is 0 Å². The second kappa shape index (κ2) is 7.82. The van der Waals surface area contributed by atoms with Crippen LogP contribution in [0.3, 0.4) is 0 Å². The van der Waals surface area contributed by atoms with Gasteiger partial charge < -0.3 is 21.3 Å². The SMILES string of the molecule is CCC(C)NC(=O)CCNC(=O)c1sc(N(C)C)nc1N. The molecule has 1 aromatic heterocycles. The minimum Gasteiger partial charge on any atom is -0.382 e. The van der Waals surface area contributed by atoms with Crippen LogP contribution in [0.5, 0.6) is 0 Å². The van der Waals surface area contributed by atoms with Gasteiger partial charge in [0.2, 0.25) is 5.91 Å². The van der Waals surface area contributed by atoms with Gasteiger partial charge in [-0.05, 0) is 13.3 Å². The lowest BCUT2D eigenvalue weighted by molar-refractivity contribution is -0.121. The quantitative estimate of drug-likeness (QED) is 0.692. The van der Waals surface area contributed by atoms with Crippen molar-refractivity contribution in [2.24, 2.45) is 0 Å². The molecule has 1 aromatic rings. The van der Waals surface area contributed by atoms with Crippen LogP contribution in [0.1, 0.15) is 36.4 Å². The molecular weight excluding hydrogens is 290 g/mol. The van der Waals surface area contributed by atoms with Gasteiger partial charge >= 0.3 is 0 Å². The molecule has 1 heterocycles. The molecule has 0 spiro atoms. The zero-order chi connectivity index (χ0) is 16.0. The number of hydrogen-bond donors (Lipinski definition) is 3. The number of thiazole rings is 1. The maximum absolute atomic E-state index is 12.0. The van der Waals surface area contributed by atoms with E-state index in [0.717, 1.165) is 6.42 Å². The highest BCUT2D eigenvalue weighted by Crippen LogP contribution is 2.26. The Morgan fingerprint density at radius 1 is 1.43 bits per heavy atom. The summed E-state index contributed by atoms with van der Waals surface area (Å²) in [7, 11) is 3.67. The summed E-state index contributed by atoms with van der Waals surface area (Å²) in [5, 5.41) is 6.20. The maximum Gasteiger partial charge on any atom is 0.265 e. The second-order valence-corrected chi connectivity index (χ2v) is 5.97. The number of nitrogens with two attached hydrogens (primary N) is 1. The highest BCUT2D eigenvalue weighted by Gasteiger charge is 2.17. The fraction of sp³-hybridized carbons (Fsp3) is 0.615. The Hall–Kier alpha value is -1.83. The third-order valence-electron chi connectivity index (χ3n) is 2.89. The van der Waals surface area contributed by atoms with Crippen LogP contribution in [-0.2, 0) is 4.79 Å². The largest absolute Gasteiger partial charge is 0.382 e. The Morgan fingerprint density at radius 3 is 2.62 bits per heavy atom. The molecule has 0 aliphatic heterocycles. The molecule has 0 aliphatic rings. The van der Waals surface area contributed by atoms with Crippen molar-refractivity contribution in [1.29, 1.82) is 0 Å². The number of amides is 2. The van der Waals surface area contributed by atoms with E-state index in [2.05, 4.69) is 15.6 Å². The van der Waals surface area contributed by atoms with Gasteiger partial charge in [-0.1, -0.05) is 18.3 Å². The van der Waals surface area contributed by atoms with Crippen LogP contribution in [0.4, 0.5) is 10.9 Å². The van der Waals surface area contributed by atoms with Crippen LogP contribution in [-0.4, -0.2) is 43.5 Å². The standard InChI is InChI=1S/C13H23N5O2S/c1-5-8(2)16-9(19)6-7-15-12(20)10-11(14)17-13(21-10)18(3)4/h8H,5-7,14H2,1-4H3,(H,15,20)(H,16,19). The predicted molar refractivity (Wildman–Crippen MR) is 85.7 cm³/mol. The summed E-state index contributed by atoms with van der Waals surface area (Å²) in [5.74, 6) is -0.157. The highest BCUT2D eigenvalue weighted by molar-refractivity contribution is 7.18. The van der Waals surface area contributed by atoms with Gasteiger partial charge in [0.15, 0.2) is 5.13 Å². The van der Waals surface area contributed by atoms with E-state index >= 15 is 0 Å². The third kappa shape index (κ3) is 5.22. The topological polar surface area (TPSA) is 100 Å². The molecule has 0 fully saturated rings. The Bertz CT molecular complexity index is 501. The van der Waals surface area contributed by atoms with E-state index < -0.39 is 0 Å². The molecule has 118 valence electrons. The third-order valence-corrected chi connectivity index (χ3v) is 4.13. The van der Waals surface area contributed by atoms with Crippen molar-refractivity contribution in [3.05, 3.63) is 4.88 Å². The lowest BCUT2D eigenvalue weighted by atomic mass is 10.2. The lowest BCUT2D eigenvalue weighted by Crippen LogP contribution is -2.35. The number of carbonyl (C=O) groups excluding carboxylic acids is 2. The molecule has 7 nitrogen and oxygen atoms in total. The molecule has 4 N–H and O–H groups in total. The Labute approximate surface area is 128 Å². The molecule has 1 unspecified atom stereocenters. The summed E-state index contributed by atoms with van der Waals surface area (Å²) >= 11 is 1.23. The van der Waals surface area contributed by atoms with Crippen molar-refractivity contribution in [2.45, 2.75) is 32.7 Å². The van der Waals surface area contributed by atoms with Crippen molar-refractivity contribution in [1.82, 2.24) is 15.6 Å². The first-order chi connectivity index (χ1) is 9.85. The van der Waals surface area contributed by atoms with Crippen LogP contribution in [0.25, 0.3) is 0 Å². The van der Waals surface area contributed by atoms with E-state index in [-0.39, 0.29) is 36.6 Å². The van der Waals surface area contributed by atoms with E-state index in [9.17, 15) is 9.59 Å². The Morgan fingerprint density at radius 2 is 2.10 bits per heavy atom. The zero-order valence-corrected chi connectivity index (χ0v) is 13.7. The molecule has 2 amide bonds. The normalized spacial score (nSPS) is 11.8. The number of nitrogen functional groups attached to an aromatic ring is 1. The minimum absolute atomic E-state index is 0.0732. The first kappa shape index (κ1) is 17.2. The molecule has 1 atom stereocenters. The number of nitrogens with zero attached hydrogens (tertiary/aromatic N) is 2. The maximum atomic E-state index is 12.0. The first-order valence-corrected chi connectivity index (χ1v) is 7.68. The van der Waals surface area contributed by atoms with E-state index in [1.54, 1.807) is 4.90 Å². The molecule has 0 saturated heterocycles. The van der Waals surface area contributed by atoms with Crippen LogP contribution in [0, 0.1) is 0 Å². The number of anilines is 2. The van der Waals surface area contributed by atoms with Gasteiger partial charge in [-0.2, -0.15) is 0 Å². The lowest BCUT2D eigenvalue weighted by Gasteiger charge is -2.11. The van der Waals surface area contributed by atoms with Crippen molar-refractivity contribution >= 4 is 34.1 Å². The number of aromatic nitrogens is 1. The molecule has 0 aliphatic carbocycles. The van der Waals surface area contributed by atoms with Gasteiger partial charge in [-0.25, -0.2) is 4.98 Å². The van der Waals surface area contributed by atoms with Crippen LogP contribution in [0.15, 0.2) is 0 Å². The van der Waals surface area contributed by atoms with Gasteiger partial charge in [0.1, 0.15) is 10.7 Å². The zero-order valence-electron chi connectivity index (χ0n) is 12.9. The Kier molecular flexibility index (Phi) is 6.41. The van der Waals surface area contributed by atoms with E-state index in [4.69, 9.17) is 5.73 Å². The molecule has 0 radical (unpaired) electrons. The van der Waals surface area contributed by atoms with Crippen LogP contribution in [0.2, 0.25) is 0 Å². The summed E-state index contributed by atoms with van der Waals surface area (Å²) in [4.78, 5) is 29.8. The predicted octanol–water partition coefficient (Wildman–Crippen LogP) is 0.826. The molecule has 8 heteroatoms. The summed E-state index contributed by atoms with van der Waals surface area (Å²) in [6.07, 6.45) is 1.12. The van der Waals surface area contributed by atoms with Crippen molar-refractivity contribution in [3.63, 3.8) is 0 Å². The summed E-state index contributed by atoms with van der Waals surface area (Å²) in [6, 6.07) is 0.146. The minimum atomic E-state index is -0.297. The van der Waals surface area contributed by atoms with Gasteiger partial charge in [-0.15, -0.1) is 0 Å². The summed E-state index contributed by atoms with van der Waals surface area (Å²) < 4.78 is 0. The van der Waals surface area contributed by atoms with E-state index in [0.29, 0.717) is 10.0 Å². The van der Waals surface area contributed by atoms with E-state index in [1.807, 2.05) is 27.9 Å². The number of nitrogens with one attached hydrogen (secondary N) is 2. The molecule has 0 bridgehead atoms. The number of rotatable bonds is 7. The molecule has 21 heavy (non-hydrogen) atoms. The molecule has 0 aromatic carbocycles. The molecule has 1 rings (SSSR count). The highest BCUT2D eigenvalue weighted by atomic mass is 32.1. The van der Waals surface area contributed by atoms with Crippen molar-refractivity contribution in [2.75, 3.05) is 31.3 Å². The van der Waals surface area contributed by atoms with Crippen molar-refractivity contribution < 1.29 is 9.59 Å². The fourth-order valence-electron chi connectivity index (χ4n) is 1.49. The summed E-state index contributed by atoms with van der Waals surface area (Å²) in [5.41, 5.74) is 5.73. The van der Waals surface area contributed by atoms with Gasteiger partial charge in [-0.3, -0.25) is 9.59 Å². The Balaban J connectivity index is 2.46. The van der Waals surface area contributed by atoms with Gasteiger partial charge in [0.05, 0.1) is 0 Å². The van der Waals surface area contributed by atoms with Crippen LogP contribution < -0.4 is 21.3 Å². The summed E-state index contributed by atoms with van der Waals surface area (Å²) in [6.45, 7) is 4.22. The van der Waals surface area contributed by atoms with Gasteiger partial charge in [0, 0.05) is 33.1 Å². The smallest absolute Gasteiger partial charge is 0.265 e. The number of hydrogen-bond acceptors (Lipinski definition) is 6. The van der Waals surface area contributed by atoms with Gasteiger partial charge in [0.25, 0.3) is 5.91 Å². The first-order valence-electron chi connectivity index (χ1n) is 6.86. The molecular formula is C13H23N5O2S. The monoisotopic (exact) mass is 313 g/mol. The van der Waals surface area contributed by atoms with Crippen LogP contribution >= 0.6 is 11.3 Å².